The number of aliphatic carboxylic acids is 1. The molecule has 4 nitrogen and oxygen atoms in total. The van der Waals surface area contributed by atoms with Gasteiger partial charge >= 0.3 is 5.97 Å². The van der Waals surface area contributed by atoms with Crippen LogP contribution in [0.15, 0.2) is 11.7 Å². The highest BCUT2D eigenvalue weighted by molar-refractivity contribution is 5.76. The monoisotopic (exact) mass is 194 g/mol. The van der Waals surface area contributed by atoms with Gasteiger partial charge in [-0.15, -0.1) is 0 Å². The van der Waals surface area contributed by atoms with E-state index in [1.165, 1.54) is 0 Å². The molecule has 5 N–H and O–H groups in total. The molecule has 0 spiro atoms. The van der Waals surface area contributed by atoms with Crippen molar-refractivity contribution in [1.82, 2.24) is 0 Å². The lowest BCUT2D eigenvalue weighted by molar-refractivity contribution is -0.138. The van der Waals surface area contributed by atoms with Crippen molar-refractivity contribution in [2.75, 3.05) is 6.54 Å². The van der Waals surface area contributed by atoms with Crippen molar-refractivity contribution in [3.05, 3.63) is 11.7 Å². The van der Waals surface area contributed by atoms with Crippen LogP contribution in [-0.2, 0) is 4.79 Å². The minimum absolute atomic E-state index is 0.211. The summed E-state index contributed by atoms with van der Waals surface area (Å²) in [4.78, 5) is 10.1. The summed E-state index contributed by atoms with van der Waals surface area (Å²) in [6.07, 6.45) is 0.0366. The van der Waals surface area contributed by atoms with Gasteiger partial charge in [0.05, 0.1) is 0 Å². The Hall–Kier alpha value is -1.01. The molecule has 0 bridgehead atoms. The molecule has 0 saturated carbocycles. The highest BCUT2D eigenvalue weighted by atomic mass is 19.2. The van der Waals surface area contributed by atoms with E-state index in [-0.39, 0.29) is 19.4 Å². The number of carboxylic acid groups (broad SMARTS) is 1. The van der Waals surface area contributed by atoms with Gasteiger partial charge in [-0.2, -0.15) is 0 Å². The average molecular weight is 194 g/mol. The maximum Gasteiger partial charge on any atom is 0.327 e. The number of carbonyl (C=O) groups is 1. The highest BCUT2D eigenvalue weighted by Crippen LogP contribution is 2.16. The molecule has 0 aliphatic heterocycles. The van der Waals surface area contributed by atoms with Gasteiger partial charge in [-0.25, -0.2) is 8.78 Å². The first-order valence-electron chi connectivity index (χ1n) is 3.73. The molecule has 0 aromatic heterocycles. The van der Waals surface area contributed by atoms with Gasteiger partial charge in [-0.3, -0.25) is 4.79 Å². The third kappa shape index (κ3) is 3.95. The van der Waals surface area contributed by atoms with E-state index in [1.54, 1.807) is 0 Å². The minimum Gasteiger partial charge on any atom is -0.480 e. The van der Waals surface area contributed by atoms with E-state index in [0.29, 0.717) is 0 Å². The third-order valence-electron chi connectivity index (χ3n) is 1.40. The van der Waals surface area contributed by atoms with E-state index in [4.69, 9.17) is 16.6 Å². The number of nitrogens with two attached hydrogens (primary N) is 2. The van der Waals surface area contributed by atoms with Gasteiger partial charge in [0.15, 0.2) is 11.9 Å². The summed E-state index contributed by atoms with van der Waals surface area (Å²) in [5.41, 5.74) is 9.88. The molecule has 1 atom stereocenters. The number of hydrogen-bond donors (Lipinski definition) is 3. The Morgan fingerprint density at radius 2 is 2.00 bits per heavy atom. The molecule has 0 amide bonds. The summed E-state index contributed by atoms with van der Waals surface area (Å²) in [6, 6.07) is -1.92. The van der Waals surface area contributed by atoms with Gasteiger partial charge in [0.2, 0.25) is 0 Å². The quantitative estimate of drug-likeness (QED) is 0.586. The summed E-state index contributed by atoms with van der Waals surface area (Å²) in [5, 5.41) is 8.24. The molecule has 1 unspecified atom stereocenters. The fourth-order valence-corrected chi connectivity index (χ4v) is 0.654. The number of rotatable bonds is 5. The standard InChI is InChI=1S/C7H12F2N2O2/c8-4(2-1-3-10)5(9)6(11)7(12)13/h6H,1-3,10-11H2,(H,12,13). The summed E-state index contributed by atoms with van der Waals surface area (Å²) in [6.45, 7) is 0.211. The molecule has 0 aliphatic carbocycles. The second-order valence-corrected chi connectivity index (χ2v) is 2.46. The Morgan fingerprint density at radius 3 is 2.38 bits per heavy atom. The molecule has 0 fully saturated rings. The van der Waals surface area contributed by atoms with Crippen molar-refractivity contribution in [2.24, 2.45) is 11.5 Å². The predicted molar refractivity (Wildman–Crippen MR) is 43.1 cm³/mol. The lowest BCUT2D eigenvalue weighted by Crippen LogP contribution is -2.31. The molecular weight excluding hydrogens is 182 g/mol. The summed E-state index contributed by atoms with van der Waals surface area (Å²) < 4.78 is 25.4. The van der Waals surface area contributed by atoms with E-state index in [9.17, 15) is 13.6 Å². The van der Waals surface area contributed by atoms with Gasteiger partial charge in [-0.1, -0.05) is 0 Å². The van der Waals surface area contributed by atoms with Crippen LogP contribution in [0, 0.1) is 0 Å². The van der Waals surface area contributed by atoms with Crippen molar-refractivity contribution >= 4 is 5.97 Å². The maximum absolute atomic E-state index is 12.7. The number of halogens is 2. The zero-order valence-electron chi connectivity index (χ0n) is 6.96. The molecule has 0 saturated heterocycles. The number of allylic oxidation sites excluding steroid dienone is 1. The van der Waals surface area contributed by atoms with Gasteiger partial charge in [-0.05, 0) is 13.0 Å². The van der Waals surface area contributed by atoms with Crippen LogP contribution in [0.4, 0.5) is 8.78 Å². The van der Waals surface area contributed by atoms with Crippen molar-refractivity contribution in [1.29, 1.82) is 0 Å². The molecular formula is C7H12F2N2O2. The van der Waals surface area contributed by atoms with E-state index >= 15 is 0 Å². The highest BCUT2D eigenvalue weighted by Gasteiger charge is 2.21. The smallest absolute Gasteiger partial charge is 0.327 e. The van der Waals surface area contributed by atoms with E-state index < -0.39 is 23.7 Å². The first kappa shape index (κ1) is 12.0. The maximum atomic E-state index is 12.7. The molecule has 0 aromatic rings. The second-order valence-electron chi connectivity index (χ2n) is 2.46. The lowest BCUT2D eigenvalue weighted by Gasteiger charge is -2.04. The fraction of sp³-hybridized carbons (Fsp3) is 0.571. The van der Waals surface area contributed by atoms with Gasteiger partial charge in [0.25, 0.3) is 0 Å². The summed E-state index contributed by atoms with van der Waals surface area (Å²) in [7, 11) is 0. The van der Waals surface area contributed by atoms with Crippen LogP contribution in [-0.4, -0.2) is 23.7 Å². The number of carboxylic acids is 1. The van der Waals surface area contributed by atoms with E-state index in [2.05, 4.69) is 0 Å². The Morgan fingerprint density at radius 1 is 1.46 bits per heavy atom. The molecule has 13 heavy (non-hydrogen) atoms. The van der Waals surface area contributed by atoms with Crippen molar-refractivity contribution < 1.29 is 18.7 Å². The fourth-order valence-electron chi connectivity index (χ4n) is 0.654. The normalized spacial score (nSPS) is 15.1. The van der Waals surface area contributed by atoms with Crippen LogP contribution in [0.2, 0.25) is 0 Å². The zero-order valence-corrected chi connectivity index (χ0v) is 6.96. The Kier molecular flexibility index (Phi) is 5.17. The average Bonchev–Trinajstić information content (AvgIpc) is 2.11. The van der Waals surface area contributed by atoms with Gasteiger partial charge in [0.1, 0.15) is 5.83 Å². The van der Waals surface area contributed by atoms with Crippen molar-refractivity contribution in [2.45, 2.75) is 18.9 Å². The molecule has 0 aromatic carbocycles. The minimum atomic E-state index is -1.92. The lowest BCUT2D eigenvalue weighted by atomic mass is 10.2. The largest absolute Gasteiger partial charge is 0.480 e. The molecule has 6 heteroatoms. The first-order chi connectivity index (χ1) is 6.00. The topological polar surface area (TPSA) is 89.3 Å². The van der Waals surface area contributed by atoms with Gasteiger partial charge in [0, 0.05) is 6.42 Å². The van der Waals surface area contributed by atoms with Crippen LogP contribution in [0.3, 0.4) is 0 Å². The Labute approximate surface area is 74.2 Å². The molecule has 0 heterocycles. The van der Waals surface area contributed by atoms with Crippen LogP contribution in [0.1, 0.15) is 12.8 Å². The summed E-state index contributed by atoms with van der Waals surface area (Å²) in [5.74, 6) is -4.17. The Balaban J connectivity index is 4.32. The molecule has 76 valence electrons. The van der Waals surface area contributed by atoms with Crippen molar-refractivity contribution in [3.8, 4) is 0 Å². The zero-order chi connectivity index (χ0) is 10.4. The molecule has 0 aliphatic rings. The number of hydrogen-bond acceptors (Lipinski definition) is 3. The van der Waals surface area contributed by atoms with Crippen LogP contribution >= 0.6 is 0 Å². The van der Waals surface area contributed by atoms with Gasteiger partial charge < -0.3 is 16.6 Å². The molecule has 0 radical (unpaired) electrons. The predicted octanol–water partition coefficient (Wildman–Crippen LogP) is 0.288. The van der Waals surface area contributed by atoms with Crippen LogP contribution in [0.5, 0.6) is 0 Å². The second kappa shape index (κ2) is 5.60. The Bertz CT molecular complexity index is 219. The van der Waals surface area contributed by atoms with E-state index in [0.717, 1.165) is 0 Å². The summed E-state index contributed by atoms with van der Waals surface area (Å²) >= 11 is 0. The molecule has 0 rings (SSSR count). The van der Waals surface area contributed by atoms with E-state index in [1.807, 2.05) is 0 Å². The SMILES string of the molecule is NCCCC(F)=C(F)C(N)C(=O)O. The third-order valence-corrected chi connectivity index (χ3v) is 1.40. The first-order valence-corrected chi connectivity index (χ1v) is 3.73. The van der Waals surface area contributed by atoms with Crippen LogP contribution in [0.25, 0.3) is 0 Å². The van der Waals surface area contributed by atoms with Crippen LogP contribution < -0.4 is 11.5 Å². The van der Waals surface area contributed by atoms with Crippen molar-refractivity contribution in [3.63, 3.8) is 0 Å².